The molecule has 0 bridgehead atoms. The van der Waals surface area contributed by atoms with Gasteiger partial charge in [-0.1, -0.05) is 18.2 Å². The standard InChI is InChI=1S/C16H19F3N2O2/c17-16(18,19)23-14-4-2-1-3-10(14)11-7-12(11)15(22)21-13(8-20)9-5-6-9/h1-4,9,11-13H,5-8,20H2,(H,21,22). The number of para-hydroxylation sites is 1. The Morgan fingerprint density at radius 2 is 2.04 bits per heavy atom. The van der Waals surface area contributed by atoms with Gasteiger partial charge in [0.25, 0.3) is 0 Å². The predicted octanol–water partition coefficient (Wildman–Crippen LogP) is 2.54. The van der Waals surface area contributed by atoms with Crippen LogP contribution < -0.4 is 15.8 Å². The van der Waals surface area contributed by atoms with Gasteiger partial charge in [-0.25, -0.2) is 0 Å². The SMILES string of the molecule is NCC(NC(=O)C1CC1c1ccccc1OC(F)(F)F)C1CC1. The molecule has 2 aliphatic carbocycles. The van der Waals surface area contributed by atoms with E-state index in [4.69, 9.17) is 5.73 Å². The van der Waals surface area contributed by atoms with Crippen molar-refractivity contribution in [3.8, 4) is 5.75 Å². The zero-order valence-corrected chi connectivity index (χ0v) is 12.5. The highest BCUT2D eigenvalue weighted by Gasteiger charge is 2.47. The van der Waals surface area contributed by atoms with Gasteiger partial charge in [-0.2, -0.15) is 0 Å². The maximum atomic E-state index is 12.5. The Kier molecular flexibility index (Phi) is 4.23. The fourth-order valence-electron chi connectivity index (χ4n) is 2.99. The van der Waals surface area contributed by atoms with E-state index in [0.717, 1.165) is 12.8 Å². The van der Waals surface area contributed by atoms with Crippen molar-refractivity contribution in [3.05, 3.63) is 29.8 Å². The number of carbonyl (C=O) groups is 1. The number of benzene rings is 1. The van der Waals surface area contributed by atoms with Gasteiger partial charge in [0.15, 0.2) is 0 Å². The molecule has 2 saturated carbocycles. The van der Waals surface area contributed by atoms with Crippen LogP contribution in [0.3, 0.4) is 0 Å². The Morgan fingerprint density at radius 3 is 2.65 bits per heavy atom. The van der Waals surface area contributed by atoms with Crippen molar-refractivity contribution in [1.29, 1.82) is 0 Å². The molecule has 1 aromatic carbocycles. The zero-order valence-electron chi connectivity index (χ0n) is 12.5. The number of hydrogen-bond donors (Lipinski definition) is 2. The summed E-state index contributed by atoms with van der Waals surface area (Å²) in [4.78, 5) is 12.3. The van der Waals surface area contributed by atoms with E-state index in [9.17, 15) is 18.0 Å². The van der Waals surface area contributed by atoms with Gasteiger partial charge in [-0.3, -0.25) is 4.79 Å². The zero-order chi connectivity index (χ0) is 16.6. The molecule has 126 valence electrons. The number of amides is 1. The number of carbonyl (C=O) groups excluding carboxylic acids is 1. The van der Waals surface area contributed by atoms with Crippen LogP contribution in [0.5, 0.6) is 5.75 Å². The second-order valence-corrected chi connectivity index (χ2v) is 6.22. The summed E-state index contributed by atoms with van der Waals surface area (Å²) in [5.41, 5.74) is 6.09. The first-order chi connectivity index (χ1) is 10.9. The first kappa shape index (κ1) is 16.1. The van der Waals surface area contributed by atoms with Gasteiger partial charge in [0.2, 0.25) is 5.91 Å². The molecular formula is C16H19F3N2O2. The summed E-state index contributed by atoms with van der Waals surface area (Å²) in [6, 6.07) is 5.98. The molecule has 1 amide bonds. The number of rotatable bonds is 6. The van der Waals surface area contributed by atoms with Crippen molar-refractivity contribution in [1.82, 2.24) is 5.32 Å². The lowest BCUT2D eigenvalue weighted by Crippen LogP contribution is -2.42. The summed E-state index contributed by atoms with van der Waals surface area (Å²) < 4.78 is 41.4. The van der Waals surface area contributed by atoms with Crippen molar-refractivity contribution in [2.75, 3.05) is 6.54 Å². The normalized spacial score (nSPS) is 24.9. The number of hydrogen-bond acceptors (Lipinski definition) is 3. The van der Waals surface area contributed by atoms with Crippen LogP contribution in [-0.4, -0.2) is 24.9 Å². The molecule has 2 aliphatic rings. The summed E-state index contributed by atoms with van der Waals surface area (Å²) in [5.74, 6) is -0.439. The fraction of sp³-hybridized carbons (Fsp3) is 0.562. The molecule has 0 radical (unpaired) electrons. The van der Waals surface area contributed by atoms with E-state index < -0.39 is 6.36 Å². The van der Waals surface area contributed by atoms with Gasteiger partial charge in [-0.15, -0.1) is 13.2 Å². The number of nitrogens with two attached hydrogens (primary N) is 1. The Balaban J connectivity index is 1.65. The molecule has 3 atom stereocenters. The molecule has 0 aliphatic heterocycles. The van der Waals surface area contributed by atoms with Crippen molar-refractivity contribution < 1.29 is 22.7 Å². The Morgan fingerprint density at radius 1 is 1.35 bits per heavy atom. The van der Waals surface area contributed by atoms with E-state index in [2.05, 4.69) is 10.1 Å². The predicted molar refractivity (Wildman–Crippen MR) is 77.7 cm³/mol. The minimum absolute atomic E-state index is 0.0228. The van der Waals surface area contributed by atoms with Crippen LogP contribution in [0.1, 0.15) is 30.7 Å². The van der Waals surface area contributed by atoms with E-state index in [1.807, 2.05) is 0 Å². The summed E-state index contributed by atoms with van der Waals surface area (Å²) in [7, 11) is 0. The monoisotopic (exact) mass is 328 g/mol. The van der Waals surface area contributed by atoms with Crippen LogP contribution in [0.2, 0.25) is 0 Å². The first-order valence-electron chi connectivity index (χ1n) is 7.74. The van der Waals surface area contributed by atoms with E-state index in [0.29, 0.717) is 24.4 Å². The van der Waals surface area contributed by atoms with Gasteiger partial charge in [0.05, 0.1) is 0 Å². The number of ether oxygens (including phenoxy) is 1. The van der Waals surface area contributed by atoms with Crippen LogP contribution in [0, 0.1) is 11.8 Å². The maximum Gasteiger partial charge on any atom is 0.573 e. The molecule has 1 aromatic rings. The molecule has 3 rings (SSSR count). The Labute approximate surface area is 132 Å². The van der Waals surface area contributed by atoms with E-state index in [1.54, 1.807) is 12.1 Å². The van der Waals surface area contributed by atoms with E-state index >= 15 is 0 Å². The quantitative estimate of drug-likeness (QED) is 0.843. The molecule has 2 fully saturated rings. The number of halogens is 3. The summed E-state index contributed by atoms with van der Waals surface area (Å²) in [6.07, 6.45) is -2.07. The van der Waals surface area contributed by atoms with Gasteiger partial charge in [0.1, 0.15) is 5.75 Å². The Hall–Kier alpha value is -1.76. The van der Waals surface area contributed by atoms with Crippen molar-refractivity contribution in [2.24, 2.45) is 17.6 Å². The third kappa shape index (κ3) is 3.96. The minimum Gasteiger partial charge on any atom is -0.405 e. The van der Waals surface area contributed by atoms with Gasteiger partial charge in [-0.05, 0) is 42.7 Å². The van der Waals surface area contributed by atoms with Gasteiger partial charge < -0.3 is 15.8 Å². The molecule has 4 nitrogen and oxygen atoms in total. The highest BCUT2D eigenvalue weighted by molar-refractivity contribution is 5.83. The van der Waals surface area contributed by atoms with Crippen molar-refractivity contribution in [2.45, 2.75) is 37.6 Å². The molecule has 0 heterocycles. The lowest BCUT2D eigenvalue weighted by molar-refractivity contribution is -0.274. The third-order valence-electron chi connectivity index (χ3n) is 4.44. The summed E-state index contributed by atoms with van der Waals surface area (Å²) in [6.45, 7) is 0.390. The minimum atomic E-state index is -4.74. The molecule has 3 unspecified atom stereocenters. The summed E-state index contributed by atoms with van der Waals surface area (Å²) in [5, 5.41) is 2.93. The lowest BCUT2D eigenvalue weighted by Gasteiger charge is -2.16. The van der Waals surface area contributed by atoms with Crippen LogP contribution in [0.15, 0.2) is 24.3 Å². The average Bonchev–Trinajstić information content (AvgIpc) is 3.36. The maximum absolute atomic E-state index is 12.5. The van der Waals surface area contributed by atoms with Crippen molar-refractivity contribution in [3.63, 3.8) is 0 Å². The van der Waals surface area contributed by atoms with Crippen LogP contribution in [0.4, 0.5) is 13.2 Å². The molecule has 23 heavy (non-hydrogen) atoms. The fourth-order valence-corrected chi connectivity index (χ4v) is 2.99. The molecule has 3 N–H and O–H groups in total. The second-order valence-electron chi connectivity index (χ2n) is 6.22. The molecule has 0 saturated heterocycles. The highest BCUT2D eigenvalue weighted by atomic mass is 19.4. The molecule has 0 spiro atoms. The van der Waals surface area contributed by atoms with Gasteiger partial charge in [0, 0.05) is 18.5 Å². The van der Waals surface area contributed by atoms with E-state index in [-0.39, 0.29) is 29.5 Å². The highest BCUT2D eigenvalue weighted by Crippen LogP contribution is 2.51. The molecule has 7 heteroatoms. The molecule has 0 aromatic heterocycles. The average molecular weight is 328 g/mol. The van der Waals surface area contributed by atoms with E-state index in [1.165, 1.54) is 12.1 Å². The van der Waals surface area contributed by atoms with Crippen LogP contribution in [-0.2, 0) is 4.79 Å². The lowest BCUT2D eigenvalue weighted by atomic mass is 10.1. The van der Waals surface area contributed by atoms with Crippen LogP contribution in [0.25, 0.3) is 0 Å². The topological polar surface area (TPSA) is 64.3 Å². The third-order valence-corrected chi connectivity index (χ3v) is 4.44. The summed E-state index contributed by atoms with van der Waals surface area (Å²) >= 11 is 0. The largest absolute Gasteiger partial charge is 0.573 e. The first-order valence-corrected chi connectivity index (χ1v) is 7.74. The van der Waals surface area contributed by atoms with Crippen LogP contribution >= 0.6 is 0 Å². The molecular weight excluding hydrogens is 309 g/mol. The number of alkyl halides is 3. The van der Waals surface area contributed by atoms with Crippen molar-refractivity contribution >= 4 is 5.91 Å². The van der Waals surface area contributed by atoms with Gasteiger partial charge >= 0.3 is 6.36 Å². The number of nitrogens with one attached hydrogen (secondary N) is 1. The smallest absolute Gasteiger partial charge is 0.405 e. The second kappa shape index (κ2) is 6.03. The Bertz CT molecular complexity index is 587.